The smallest absolute Gasteiger partial charge is 0.185 e. The van der Waals surface area contributed by atoms with Crippen LogP contribution in [0.15, 0.2) is 46.9 Å². The molecular formula is C14H8BrClF2O. The van der Waals surface area contributed by atoms with Gasteiger partial charge >= 0.3 is 0 Å². The Morgan fingerprint density at radius 2 is 1.68 bits per heavy atom. The van der Waals surface area contributed by atoms with Crippen LogP contribution < -0.4 is 0 Å². The molecule has 0 spiro atoms. The third kappa shape index (κ3) is 3.39. The third-order valence-electron chi connectivity index (χ3n) is 2.54. The Balaban J connectivity index is 2.30. The van der Waals surface area contributed by atoms with Crippen molar-refractivity contribution < 1.29 is 13.6 Å². The van der Waals surface area contributed by atoms with E-state index < -0.39 is 22.8 Å². The molecule has 0 aliphatic rings. The fraction of sp³-hybridized carbons (Fsp3) is 0.0714. The Morgan fingerprint density at radius 1 is 1.05 bits per heavy atom. The van der Waals surface area contributed by atoms with Crippen molar-refractivity contribution in [1.29, 1.82) is 0 Å². The van der Waals surface area contributed by atoms with Crippen molar-refractivity contribution in [3.05, 3.63) is 69.7 Å². The molecule has 0 N–H and O–H groups in total. The lowest BCUT2D eigenvalue weighted by atomic mass is 10.0. The number of hydrogen-bond acceptors (Lipinski definition) is 1. The van der Waals surface area contributed by atoms with E-state index in [1.165, 1.54) is 36.4 Å². The van der Waals surface area contributed by atoms with Gasteiger partial charge in [0.2, 0.25) is 0 Å². The summed E-state index contributed by atoms with van der Waals surface area (Å²) < 4.78 is 26.5. The second kappa shape index (κ2) is 5.80. The molecule has 98 valence electrons. The van der Waals surface area contributed by atoms with Crippen molar-refractivity contribution in [1.82, 2.24) is 0 Å². The van der Waals surface area contributed by atoms with Crippen molar-refractivity contribution in [2.75, 3.05) is 0 Å². The molecule has 1 nitrogen and oxygen atoms in total. The van der Waals surface area contributed by atoms with E-state index in [2.05, 4.69) is 15.9 Å². The number of Topliss-reactive ketones (excluding diaryl/α,β-unsaturated/α-hetero) is 1. The number of halogens is 4. The first-order valence-corrected chi connectivity index (χ1v) is 6.60. The maximum Gasteiger partial charge on any atom is 0.185 e. The molecule has 2 aromatic carbocycles. The number of alkyl halides is 1. The molecule has 0 saturated carbocycles. The maximum absolute atomic E-state index is 13.2. The molecule has 0 aliphatic carbocycles. The van der Waals surface area contributed by atoms with Crippen LogP contribution in [0, 0.1) is 11.6 Å². The molecule has 0 saturated heterocycles. The number of ketones is 1. The van der Waals surface area contributed by atoms with Gasteiger partial charge in [-0.2, -0.15) is 0 Å². The van der Waals surface area contributed by atoms with Crippen LogP contribution in [0.5, 0.6) is 0 Å². The average molecular weight is 346 g/mol. The largest absolute Gasteiger partial charge is 0.292 e. The highest BCUT2D eigenvalue weighted by Crippen LogP contribution is 2.27. The topological polar surface area (TPSA) is 17.1 Å². The summed E-state index contributed by atoms with van der Waals surface area (Å²) in [4.78, 5) is 12.1. The zero-order valence-electron chi connectivity index (χ0n) is 9.54. The summed E-state index contributed by atoms with van der Waals surface area (Å²) in [5.41, 5.74) is 0.629. The SMILES string of the molecule is O=C(c1cc(F)cc(Br)c1)C(Cl)c1ccc(F)cc1. The van der Waals surface area contributed by atoms with Crippen molar-refractivity contribution in [3.8, 4) is 0 Å². The predicted molar refractivity (Wildman–Crippen MR) is 73.4 cm³/mol. The highest BCUT2D eigenvalue weighted by atomic mass is 79.9. The minimum absolute atomic E-state index is 0.163. The Labute approximate surface area is 122 Å². The fourth-order valence-corrected chi connectivity index (χ4v) is 2.36. The fourth-order valence-electron chi connectivity index (χ4n) is 1.63. The Morgan fingerprint density at radius 3 is 2.26 bits per heavy atom. The summed E-state index contributed by atoms with van der Waals surface area (Å²) in [7, 11) is 0. The molecule has 19 heavy (non-hydrogen) atoms. The maximum atomic E-state index is 13.2. The van der Waals surface area contributed by atoms with E-state index in [-0.39, 0.29) is 5.56 Å². The number of carbonyl (C=O) groups is 1. The van der Waals surface area contributed by atoms with Crippen LogP contribution in [0.1, 0.15) is 21.3 Å². The lowest BCUT2D eigenvalue weighted by molar-refractivity contribution is 0.0986. The van der Waals surface area contributed by atoms with Crippen LogP contribution in [-0.2, 0) is 0 Å². The molecule has 0 aromatic heterocycles. The molecule has 1 atom stereocenters. The summed E-state index contributed by atoms with van der Waals surface area (Å²) in [6.45, 7) is 0. The number of benzene rings is 2. The number of carbonyl (C=O) groups excluding carboxylic acids is 1. The molecule has 0 radical (unpaired) electrons. The van der Waals surface area contributed by atoms with Gasteiger partial charge < -0.3 is 0 Å². The van der Waals surface area contributed by atoms with Crippen molar-refractivity contribution in [3.63, 3.8) is 0 Å². The lowest BCUT2D eigenvalue weighted by Crippen LogP contribution is -2.08. The molecule has 0 bridgehead atoms. The van der Waals surface area contributed by atoms with Gasteiger partial charge in [0, 0.05) is 10.0 Å². The molecule has 2 aromatic rings. The van der Waals surface area contributed by atoms with Crippen LogP contribution in [0.2, 0.25) is 0 Å². The summed E-state index contributed by atoms with van der Waals surface area (Å²) >= 11 is 9.15. The van der Waals surface area contributed by atoms with Crippen LogP contribution in [0.4, 0.5) is 8.78 Å². The number of hydrogen-bond donors (Lipinski definition) is 0. The van der Waals surface area contributed by atoms with Crippen LogP contribution in [0.25, 0.3) is 0 Å². The Bertz CT molecular complexity index is 593. The summed E-state index contributed by atoms with van der Waals surface area (Å²) in [5.74, 6) is -1.37. The molecule has 1 unspecified atom stereocenters. The molecular weight excluding hydrogens is 338 g/mol. The van der Waals surface area contributed by atoms with Crippen molar-refractivity contribution in [2.45, 2.75) is 5.38 Å². The Hall–Kier alpha value is -1.26. The summed E-state index contributed by atoms with van der Waals surface area (Å²) in [6, 6.07) is 9.16. The normalized spacial score (nSPS) is 12.2. The summed E-state index contributed by atoms with van der Waals surface area (Å²) in [6.07, 6.45) is 0. The van der Waals surface area contributed by atoms with Gasteiger partial charge in [0.15, 0.2) is 5.78 Å². The van der Waals surface area contributed by atoms with E-state index >= 15 is 0 Å². The van der Waals surface area contributed by atoms with Gasteiger partial charge in [-0.05, 0) is 35.9 Å². The van der Waals surface area contributed by atoms with E-state index in [9.17, 15) is 13.6 Å². The minimum atomic E-state index is -0.978. The lowest BCUT2D eigenvalue weighted by Gasteiger charge is -2.09. The van der Waals surface area contributed by atoms with Crippen molar-refractivity contribution in [2.24, 2.45) is 0 Å². The molecule has 0 fully saturated rings. The van der Waals surface area contributed by atoms with E-state index in [4.69, 9.17) is 11.6 Å². The van der Waals surface area contributed by atoms with E-state index in [0.29, 0.717) is 10.0 Å². The molecule has 0 heterocycles. The van der Waals surface area contributed by atoms with Gasteiger partial charge in [-0.25, -0.2) is 8.78 Å². The monoisotopic (exact) mass is 344 g/mol. The molecule has 5 heteroatoms. The summed E-state index contributed by atoms with van der Waals surface area (Å²) in [5, 5.41) is -0.978. The second-order valence-corrected chi connectivity index (χ2v) is 5.29. The third-order valence-corrected chi connectivity index (χ3v) is 3.45. The standard InChI is InChI=1S/C14H8BrClF2O/c15-10-5-9(6-12(18)7-10)14(19)13(16)8-1-3-11(17)4-2-8/h1-7,13H. The molecule has 0 aliphatic heterocycles. The highest BCUT2D eigenvalue weighted by molar-refractivity contribution is 9.10. The molecule has 2 rings (SSSR count). The van der Waals surface area contributed by atoms with Gasteiger partial charge in [0.25, 0.3) is 0 Å². The van der Waals surface area contributed by atoms with Gasteiger partial charge in [-0.1, -0.05) is 28.1 Å². The zero-order valence-corrected chi connectivity index (χ0v) is 11.9. The highest BCUT2D eigenvalue weighted by Gasteiger charge is 2.20. The molecule has 0 amide bonds. The Kier molecular flexibility index (Phi) is 4.32. The average Bonchev–Trinajstić information content (AvgIpc) is 2.37. The van der Waals surface area contributed by atoms with E-state index in [1.807, 2.05) is 0 Å². The first kappa shape index (κ1) is 14.2. The van der Waals surface area contributed by atoms with Gasteiger partial charge in [0.05, 0.1) is 0 Å². The first-order chi connectivity index (χ1) is 8.97. The van der Waals surface area contributed by atoms with Crippen LogP contribution in [-0.4, -0.2) is 5.78 Å². The van der Waals surface area contributed by atoms with Gasteiger partial charge in [-0.3, -0.25) is 4.79 Å². The van der Waals surface area contributed by atoms with Crippen molar-refractivity contribution >= 4 is 33.3 Å². The van der Waals surface area contributed by atoms with Gasteiger partial charge in [0.1, 0.15) is 17.0 Å². The van der Waals surface area contributed by atoms with E-state index in [0.717, 1.165) is 6.07 Å². The zero-order chi connectivity index (χ0) is 14.0. The minimum Gasteiger partial charge on any atom is -0.292 e. The van der Waals surface area contributed by atoms with E-state index in [1.54, 1.807) is 0 Å². The van der Waals surface area contributed by atoms with Crippen LogP contribution in [0.3, 0.4) is 0 Å². The quantitative estimate of drug-likeness (QED) is 0.572. The first-order valence-electron chi connectivity index (χ1n) is 5.37. The van der Waals surface area contributed by atoms with Gasteiger partial charge in [-0.15, -0.1) is 11.6 Å². The predicted octanol–water partition coefficient (Wildman–Crippen LogP) is 4.89. The van der Waals surface area contributed by atoms with Crippen LogP contribution >= 0.6 is 27.5 Å². The number of rotatable bonds is 3. The second-order valence-electron chi connectivity index (χ2n) is 3.94.